The van der Waals surface area contributed by atoms with Crippen LogP contribution in [-0.2, 0) is 17.9 Å². The Balaban J connectivity index is 1.71. The van der Waals surface area contributed by atoms with Gasteiger partial charge in [-0.25, -0.2) is 0 Å². The summed E-state index contributed by atoms with van der Waals surface area (Å²) in [5.41, 5.74) is 1.53. The second-order valence-corrected chi connectivity index (χ2v) is 7.87. The van der Waals surface area contributed by atoms with Crippen molar-refractivity contribution in [3.8, 4) is 0 Å². The van der Waals surface area contributed by atoms with Crippen molar-refractivity contribution in [3.05, 3.63) is 79.6 Å². The Hall–Kier alpha value is -2.44. The summed E-state index contributed by atoms with van der Waals surface area (Å²) in [5.74, 6) is -0.0894. The van der Waals surface area contributed by atoms with Crippen molar-refractivity contribution in [3.63, 3.8) is 0 Å². The standard InChI is InChI=1S/C20H15BrN2O2S/c21-13-9-14(26-12-13)10-22-19(24)11-23-17-7-3-1-5-15(17)20(25)16-6-2-4-8-18(16)23/h1-9,12H,10-11H2,(H,22,24). The summed E-state index contributed by atoms with van der Waals surface area (Å²) < 4.78 is 2.93. The van der Waals surface area contributed by atoms with E-state index in [1.54, 1.807) is 11.3 Å². The highest BCUT2D eigenvalue weighted by Gasteiger charge is 2.12. The van der Waals surface area contributed by atoms with Gasteiger partial charge < -0.3 is 9.88 Å². The third-order valence-electron chi connectivity index (χ3n) is 4.26. The maximum atomic E-state index is 12.7. The molecule has 6 heteroatoms. The lowest BCUT2D eigenvalue weighted by molar-refractivity contribution is -0.121. The first-order valence-electron chi connectivity index (χ1n) is 8.13. The number of hydrogen-bond donors (Lipinski definition) is 1. The van der Waals surface area contributed by atoms with Gasteiger partial charge in [0.05, 0.1) is 17.6 Å². The Morgan fingerprint density at radius 1 is 1.04 bits per heavy atom. The smallest absolute Gasteiger partial charge is 0.240 e. The van der Waals surface area contributed by atoms with Crippen molar-refractivity contribution >= 4 is 55.0 Å². The molecule has 0 bridgehead atoms. The lowest BCUT2D eigenvalue weighted by Gasteiger charge is -2.15. The Labute approximate surface area is 162 Å². The summed E-state index contributed by atoms with van der Waals surface area (Å²) in [6.07, 6.45) is 0. The number of para-hydroxylation sites is 2. The second kappa shape index (κ2) is 7.05. The van der Waals surface area contributed by atoms with Crippen molar-refractivity contribution in [1.82, 2.24) is 9.88 Å². The molecule has 0 aliphatic carbocycles. The third-order valence-corrected chi connectivity index (χ3v) is 5.96. The number of halogens is 1. The SMILES string of the molecule is O=C(Cn1c2ccccc2c(=O)c2ccccc21)NCc1cc(Br)cs1. The van der Waals surface area contributed by atoms with Gasteiger partial charge >= 0.3 is 0 Å². The zero-order valence-electron chi connectivity index (χ0n) is 13.7. The quantitative estimate of drug-likeness (QED) is 0.494. The van der Waals surface area contributed by atoms with Crippen LogP contribution in [0.1, 0.15) is 4.88 Å². The Kier molecular flexibility index (Phi) is 4.61. The van der Waals surface area contributed by atoms with Gasteiger partial charge in [-0.15, -0.1) is 11.3 Å². The first-order valence-corrected chi connectivity index (χ1v) is 9.80. The molecule has 0 atom stereocenters. The predicted octanol–water partition coefficient (Wildman–Crippen LogP) is 4.30. The van der Waals surface area contributed by atoms with E-state index in [0.717, 1.165) is 20.4 Å². The van der Waals surface area contributed by atoms with E-state index in [2.05, 4.69) is 21.2 Å². The Morgan fingerprint density at radius 3 is 2.23 bits per heavy atom. The molecule has 0 radical (unpaired) electrons. The van der Waals surface area contributed by atoms with Crippen molar-refractivity contribution < 1.29 is 4.79 Å². The summed E-state index contributed by atoms with van der Waals surface area (Å²) in [7, 11) is 0. The molecular weight excluding hydrogens is 412 g/mol. The number of fused-ring (bicyclic) bond motifs is 2. The minimum atomic E-state index is -0.0894. The number of carbonyl (C=O) groups excluding carboxylic acids is 1. The molecule has 0 unspecified atom stereocenters. The minimum absolute atomic E-state index is 0.00343. The first-order chi connectivity index (χ1) is 12.6. The van der Waals surface area contributed by atoms with Crippen molar-refractivity contribution in [2.24, 2.45) is 0 Å². The molecule has 1 amide bonds. The number of thiophene rings is 1. The van der Waals surface area contributed by atoms with E-state index >= 15 is 0 Å². The van der Waals surface area contributed by atoms with Crippen molar-refractivity contribution in [1.29, 1.82) is 0 Å². The molecule has 4 nitrogen and oxygen atoms in total. The van der Waals surface area contributed by atoms with E-state index in [-0.39, 0.29) is 17.9 Å². The van der Waals surface area contributed by atoms with E-state index < -0.39 is 0 Å². The van der Waals surface area contributed by atoms with Crippen molar-refractivity contribution in [2.75, 3.05) is 0 Å². The molecule has 4 aromatic rings. The fourth-order valence-corrected chi connectivity index (χ4v) is 4.47. The predicted molar refractivity (Wildman–Crippen MR) is 110 cm³/mol. The van der Waals surface area contributed by atoms with Crippen LogP contribution in [0.4, 0.5) is 0 Å². The van der Waals surface area contributed by atoms with Crippen LogP contribution >= 0.6 is 27.3 Å². The minimum Gasteiger partial charge on any atom is -0.350 e. The fraction of sp³-hybridized carbons (Fsp3) is 0.100. The van der Waals surface area contributed by atoms with Gasteiger partial charge in [-0.05, 0) is 46.3 Å². The van der Waals surface area contributed by atoms with Gasteiger partial charge in [0.15, 0.2) is 5.43 Å². The molecule has 0 aliphatic rings. The summed E-state index contributed by atoms with van der Waals surface area (Å²) in [6, 6.07) is 16.8. The number of pyridine rings is 1. The molecule has 2 aromatic carbocycles. The monoisotopic (exact) mass is 426 g/mol. The molecule has 0 saturated carbocycles. The largest absolute Gasteiger partial charge is 0.350 e. The van der Waals surface area contributed by atoms with Crippen LogP contribution in [0.5, 0.6) is 0 Å². The third kappa shape index (κ3) is 3.18. The van der Waals surface area contributed by atoms with E-state index in [1.165, 1.54) is 0 Å². The summed E-state index contributed by atoms with van der Waals surface area (Å²) in [6.45, 7) is 0.652. The van der Waals surface area contributed by atoms with Gasteiger partial charge in [0, 0.05) is 25.5 Å². The number of rotatable bonds is 4. The molecule has 130 valence electrons. The average molecular weight is 427 g/mol. The molecule has 0 fully saturated rings. The maximum Gasteiger partial charge on any atom is 0.240 e. The maximum absolute atomic E-state index is 12.7. The number of amides is 1. The van der Waals surface area contributed by atoms with Gasteiger partial charge in [-0.1, -0.05) is 24.3 Å². The fourth-order valence-electron chi connectivity index (χ4n) is 3.08. The molecule has 0 saturated heterocycles. The molecule has 1 N–H and O–H groups in total. The van der Waals surface area contributed by atoms with Crippen LogP contribution < -0.4 is 10.7 Å². The van der Waals surface area contributed by atoms with Gasteiger partial charge in [-0.2, -0.15) is 0 Å². The van der Waals surface area contributed by atoms with Gasteiger partial charge in [0.25, 0.3) is 0 Å². The van der Waals surface area contributed by atoms with Crippen LogP contribution in [0.25, 0.3) is 21.8 Å². The molecule has 0 aliphatic heterocycles. The highest BCUT2D eigenvalue weighted by Crippen LogP contribution is 2.20. The van der Waals surface area contributed by atoms with E-state index in [0.29, 0.717) is 17.3 Å². The summed E-state index contributed by atoms with van der Waals surface area (Å²) >= 11 is 5.01. The highest BCUT2D eigenvalue weighted by molar-refractivity contribution is 9.10. The van der Waals surface area contributed by atoms with Crippen molar-refractivity contribution in [2.45, 2.75) is 13.1 Å². The normalized spacial score (nSPS) is 11.1. The van der Waals surface area contributed by atoms with E-state index in [4.69, 9.17) is 0 Å². The first kappa shape index (κ1) is 17.0. The number of nitrogens with one attached hydrogen (secondary N) is 1. The van der Waals surface area contributed by atoms with E-state index in [1.807, 2.05) is 64.5 Å². The van der Waals surface area contributed by atoms with Crippen LogP contribution in [0.2, 0.25) is 0 Å². The van der Waals surface area contributed by atoms with Crippen LogP contribution in [0.15, 0.2) is 69.2 Å². The number of benzene rings is 2. The molecule has 2 aromatic heterocycles. The molecule has 4 rings (SSSR count). The number of nitrogens with zero attached hydrogens (tertiary/aromatic N) is 1. The Morgan fingerprint density at radius 2 is 1.65 bits per heavy atom. The van der Waals surface area contributed by atoms with Gasteiger partial charge in [0.1, 0.15) is 6.54 Å². The number of carbonyl (C=O) groups is 1. The van der Waals surface area contributed by atoms with Crippen LogP contribution in [0, 0.1) is 0 Å². The summed E-state index contributed by atoms with van der Waals surface area (Å²) in [5, 5.41) is 6.20. The van der Waals surface area contributed by atoms with Crippen LogP contribution in [-0.4, -0.2) is 10.5 Å². The van der Waals surface area contributed by atoms with Crippen LogP contribution in [0.3, 0.4) is 0 Å². The second-order valence-electron chi connectivity index (χ2n) is 5.96. The zero-order chi connectivity index (χ0) is 18.1. The topological polar surface area (TPSA) is 51.1 Å². The van der Waals surface area contributed by atoms with E-state index in [9.17, 15) is 9.59 Å². The number of hydrogen-bond acceptors (Lipinski definition) is 3. The summed E-state index contributed by atoms with van der Waals surface area (Å²) in [4.78, 5) is 26.4. The lowest BCUT2D eigenvalue weighted by Crippen LogP contribution is -2.27. The molecular formula is C20H15BrN2O2S. The zero-order valence-corrected chi connectivity index (χ0v) is 16.1. The Bertz CT molecular complexity index is 1120. The molecule has 0 spiro atoms. The molecule has 26 heavy (non-hydrogen) atoms. The van der Waals surface area contributed by atoms with Gasteiger partial charge in [0.2, 0.25) is 5.91 Å². The van der Waals surface area contributed by atoms with Gasteiger partial charge in [-0.3, -0.25) is 9.59 Å². The highest BCUT2D eigenvalue weighted by atomic mass is 79.9. The lowest BCUT2D eigenvalue weighted by atomic mass is 10.1. The number of aromatic nitrogens is 1. The molecule has 2 heterocycles. The average Bonchev–Trinajstić information content (AvgIpc) is 3.09.